The van der Waals surface area contributed by atoms with Gasteiger partial charge in [-0.3, -0.25) is 14.4 Å². The van der Waals surface area contributed by atoms with E-state index in [-0.39, 0.29) is 31.1 Å². The van der Waals surface area contributed by atoms with Crippen molar-refractivity contribution in [3.05, 3.63) is 97.2 Å². The largest absolute Gasteiger partial charge is 0.462 e. The molecule has 1 unspecified atom stereocenters. The molecule has 0 fully saturated rings. The maximum absolute atomic E-state index is 12.7. The molecule has 0 bridgehead atoms. The second kappa shape index (κ2) is 55.9. The van der Waals surface area contributed by atoms with E-state index in [4.69, 9.17) is 14.2 Å². The van der Waals surface area contributed by atoms with Crippen LogP contribution in [-0.4, -0.2) is 37.2 Å². The predicted octanol–water partition coefficient (Wildman–Crippen LogP) is 18.9. The zero-order valence-corrected chi connectivity index (χ0v) is 44.3. The van der Waals surface area contributed by atoms with E-state index >= 15 is 0 Å². The quantitative estimate of drug-likeness (QED) is 0.0262. The number of carbonyl (C=O) groups is 3. The van der Waals surface area contributed by atoms with Crippen LogP contribution in [0.25, 0.3) is 0 Å². The van der Waals surface area contributed by atoms with Gasteiger partial charge in [-0.2, -0.15) is 0 Å². The molecule has 0 aliphatic rings. The van der Waals surface area contributed by atoms with E-state index < -0.39 is 6.10 Å². The zero-order chi connectivity index (χ0) is 49.3. The highest BCUT2D eigenvalue weighted by Gasteiger charge is 2.19. The summed E-state index contributed by atoms with van der Waals surface area (Å²) in [5, 5.41) is 0. The van der Waals surface area contributed by atoms with E-state index in [2.05, 4.69) is 118 Å². The fourth-order valence-corrected chi connectivity index (χ4v) is 7.60. The molecule has 0 rings (SSSR count). The zero-order valence-electron chi connectivity index (χ0n) is 44.3. The molecule has 0 amide bonds. The molecule has 0 spiro atoms. The molecule has 0 aliphatic heterocycles. The van der Waals surface area contributed by atoms with Gasteiger partial charge in [-0.15, -0.1) is 0 Å². The molecule has 0 radical (unpaired) electrons. The Morgan fingerprint density at radius 1 is 0.309 bits per heavy atom. The number of esters is 3. The van der Waals surface area contributed by atoms with Crippen molar-refractivity contribution in [2.24, 2.45) is 0 Å². The molecule has 0 aromatic carbocycles. The van der Waals surface area contributed by atoms with Crippen LogP contribution in [-0.2, 0) is 28.6 Å². The fraction of sp³-hybridized carbons (Fsp3) is 0.694. The lowest BCUT2D eigenvalue weighted by Gasteiger charge is -2.18. The lowest BCUT2D eigenvalue weighted by Crippen LogP contribution is -2.30. The maximum atomic E-state index is 12.7. The summed E-state index contributed by atoms with van der Waals surface area (Å²) in [7, 11) is 0. The average molecular weight is 946 g/mol. The first-order valence-electron chi connectivity index (χ1n) is 28.2. The Bertz CT molecular complexity index is 1360. The van der Waals surface area contributed by atoms with Crippen molar-refractivity contribution in [3.8, 4) is 0 Å². The van der Waals surface area contributed by atoms with Gasteiger partial charge in [-0.05, 0) is 96.3 Å². The van der Waals surface area contributed by atoms with Crippen LogP contribution >= 0.6 is 0 Å². The number of hydrogen-bond donors (Lipinski definition) is 0. The summed E-state index contributed by atoms with van der Waals surface area (Å²) in [5.74, 6) is -0.907. The molecular formula is C62H104O6. The second-order valence-corrected chi connectivity index (χ2v) is 18.5. The summed E-state index contributed by atoms with van der Waals surface area (Å²) in [6.45, 7) is 6.36. The molecule has 388 valence electrons. The van der Waals surface area contributed by atoms with Gasteiger partial charge in [0.05, 0.1) is 0 Å². The van der Waals surface area contributed by atoms with Gasteiger partial charge in [-0.1, -0.05) is 240 Å². The van der Waals surface area contributed by atoms with Crippen LogP contribution in [0.3, 0.4) is 0 Å². The van der Waals surface area contributed by atoms with Crippen molar-refractivity contribution in [2.45, 2.75) is 264 Å². The van der Waals surface area contributed by atoms with Crippen LogP contribution in [0.1, 0.15) is 258 Å². The number of unbranched alkanes of at least 4 members (excludes halogenated alkanes) is 23. The average Bonchev–Trinajstić information content (AvgIpc) is 3.34. The summed E-state index contributed by atoms with van der Waals surface area (Å²) in [5.41, 5.74) is 0. The first-order valence-corrected chi connectivity index (χ1v) is 28.2. The molecular weight excluding hydrogens is 841 g/mol. The number of allylic oxidation sites excluding steroid dienone is 16. The van der Waals surface area contributed by atoms with E-state index in [0.717, 1.165) is 128 Å². The minimum atomic E-state index is -0.775. The minimum absolute atomic E-state index is 0.0798. The van der Waals surface area contributed by atoms with Crippen molar-refractivity contribution in [1.29, 1.82) is 0 Å². The highest BCUT2D eigenvalue weighted by Crippen LogP contribution is 2.15. The third-order valence-corrected chi connectivity index (χ3v) is 11.8. The van der Waals surface area contributed by atoms with Crippen LogP contribution in [0.15, 0.2) is 97.2 Å². The van der Waals surface area contributed by atoms with E-state index in [1.807, 2.05) is 0 Å². The molecule has 0 saturated heterocycles. The van der Waals surface area contributed by atoms with Gasteiger partial charge in [0, 0.05) is 19.3 Å². The Kier molecular flexibility index (Phi) is 52.9. The van der Waals surface area contributed by atoms with Crippen molar-refractivity contribution in [2.75, 3.05) is 13.2 Å². The van der Waals surface area contributed by atoms with Crippen molar-refractivity contribution in [3.63, 3.8) is 0 Å². The molecule has 68 heavy (non-hydrogen) atoms. The van der Waals surface area contributed by atoms with E-state index in [1.54, 1.807) is 0 Å². The standard InChI is InChI=1S/C62H104O6/c1-4-7-10-13-15-17-19-20-21-22-23-24-25-26-27-28-29-30-31-32-33-34-35-36-37-38-39-40-41-42-43-45-46-49-52-55-61(64)67-58-59(57-66-60(63)54-51-48-12-9-6-3)68-62(65)56-53-50-47-44-18-16-14-11-8-5-2/h7,10-11,14-15,17,20-21,23-24,26-27,29-30,32-33,59H,4-6,8-9,12-13,16,18-19,22,25,28,31,34-58H2,1-3H3/b10-7-,14-11-,17-15-,21-20-,24-23-,27-26-,30-29-,33-32-. The fourth-order valence-electron chi connectivity index (χ4n) is 7.60. The van der Waals surface area contributed by atoms with Gasteiger partial charge < -0.3 is 14.2 Å². The Morgan fingerprint density at radius 2 is 0.603 bits per heavy atom. The normalized spacial score (nSPS) is 12.8. The third kappa shape index (κ3) is 53.3. The van der Waals surface area contributed by atoms with Crippen molar-refractivity contribution >= 4 is 17.9 Å². The number of carbonyl (C=O) groups excluding carboxylic acids is 3. The van der Waals surface area contributed by atoms with Gasteiger partial charge in [-0.25, -0.2) is 0 Å². The van der Waals surface area contributed by atoms with E-state index in [1.165, 1.54) is 89.9 Å². The first kappa shape index (κ1) is 64.3. The molecule has 6 heteroatoms. The Morgan fingerprint density at radius 3 is 0.971 bits per heavy atom. The second-order valence-electron chi connectivity index (χ2n) is 18.5. The van der Waals surface area contributed by atoms with Crippen LogP contribution < -0.4 is 0 Å². The summed E-state index contributed by atoms with van der Waals surface area (Å²) in [6, 6.07) is 0. The first-order chi connectivity index (χ1) is 33.5. The van der Waals surface area contributed by atoms with E-state index in [0.29, 0.717) is 19.3 Å². The third-order valence-electron chi connectivity index (χ3n) is 11.8. The Balaban J connectivity index is 3.92. The molecule has 6 nitrogen and oxygen atoms in total. The van der Waals surface area contributed by atoms with Crippen molar-refractivity contribution < 1.29 is 28.6 Å². The number of hydrogen-bond acceptors (Lipinski definition) is 6. The van der Waals surface area contributed by atoms with Crippen LogP contribution in [0.4, 0.5) is 0 Å². The summed E-state index contributed by atoms with van der Waals surface area (Å²) in [6.07, 6.45) is 74.7. The van der Waals surface area contributed by atoms with Crippen molar-refractivity contribution in [1.82, 2.24) is 0 Å². The van der Waals surface area contributed by atoms with Crippen LogP contribution in [0, 0.1) is 0 Å². The topological polar surface area (TPSA) is 78.9 Å². The molecule has 0 heterocycles. The predicted molar refractivity (Wildman–Crippen MR) is 293 cm³/mol. The smallest absolute Gasteiger partial charge is 0.306 e. The monoisotopic (exact) mass is 945 g/mol. The van der Waals surface area contributed by atoms with E-state index in [9.17, 15) is 14.4 Å². The molecule has 0 N–H and O–H groups in total. The lowest BCUT2D eigenvalue weighted by molar-refractivity contribution is -0.167. The van der Waals surface area contributed by atoms with Gasteiger partial charge in [0.1, 0.15) is 13.2 Å². The Labute approximate surface area is 419 Å². The SMILES string of the molecule is CC/C=C\C/C=C\C/C=C\C/C=C\C/C=C\C/C=C\C/C=C\CCCCCCCCCCCCCCCC(=O)OCC(COC(=O)CCCCCCC)OC(=O)CCCCCCC/C=C\CCC. The van der Waals surface area contributed by atoms with Gasteiger partial charge >= 0.3 is 17.9 Å². The Hall–Kier alpha value is -3.67. The molecule has 0 aromatic heterocycles. The number of rotatable bonds is 50. The summed E-state index contributed by atoms with van der Waals surface area (Å²) in [4.78, 5) is 37.6. The minimum Gasteiger partial charge on any atom is -0.462 e. The number of ether oxygens (including phenoxy) is 3. The van der Waals surface area contributed by atoms with Gasteiger partial charge in [0.15, 0.2) is 6.10 Å². The summed E-state index contributed by atoms with van der Waals surface area (Å²) < 4.78 is 16.6. The van der Waals surface area contributed by atoms with Gasteiger partial charge in [0.2, 0.25) is 0 Å². The van der Waals surface area contributed by atoms with Crippen LogP contribution in [0.2, 0.25) is 0 Å². The van der Waals surface area contributed by atoms with Crippen LogP contribution in [0.5, 0.6) is 0 Å². The molecule has 0 aromatic rings. The molecule has 0 aliphatic carbocycles. The highest BCUT2D eigenvalue weighted by atomic mass is 16.6. The van der Waals surface area contributed by atoms with Gasteiger partial charge in [0.25, 0.3) is 0 Å². The maximum Gasteiger partial charge on any atom is 0.306 e. The molecule has 0 saturated carbocycles. The summed E-state index contributed by atoms with van der Waals surface area (Å²) >= 11 is 0. The highest BCUT2D eigenvalue weighted by molar-refractivity contribution is 5.71. The lowest BCUT2D eigenvalue weighted by atomic mass is 10.0. The molecule has 1 atom stereocenters.